The summed E-state index contributed by atoms with van der Waals surface area (Å²) in [6.45, 7) is 6.25. The summed E-state index contributed by atoms with van der Waals surface area (Å²) in [5.74, 6) is 3.58. The first-order valence-electron chi connectivity index (χ1n) is 8.34. The van der Waals surface area contributed by atoms with E-state index in [2.05, 4.69) is 33.9 Å². The molecule has 2 heterocycles. The average molecular weight is 292 g/mol. The summed E-state index contributed by atoms with van der Waals surface area (Å²) in [7, 11) is 1.69. The molecule has 1 aliphatic carbocycles. The van der Waals surface area contributed by atoms with E-state index in [4.69, 9.17) is 4.74 Å². The van der Waals surface area contributed by atoms with Crippen LogP contribution in [0.2, 0.25) is 0 Å². The van der Waals surface area contributed by atoms with Crippen LogP contribution in [0, 0.1) is 11.8 Å². The fourth-order valence-electron chi connectivity index (χ4n) is 4.12. The SMILES string of the molecule is COCc1nc2n(n1)CCC[C@@H]2NC1C[C@@H](C)C[C@@H](C)C1. The van der Waals surface area contributed by atoms with Crippen molar-refractivity contribution in [3.8, 4) is 0 Å². The van der Waals surface area contributed by atoms with E-state index in [1.807, 2.05) is 0 Å². The third-order valence-corrected chi connectivity index (χ3v) is 4.81. The Morgan fingerprint density at radius 1 is 1.24 bits per heavy atom. The smallest absolute Gasteiger partial charge is 0.176 e. The molecule has 1 aliphatic heterocycles. The summed E-state index contributed by atoms with van der Waals surface area (Å²) >= 11 is 0. The molecule has 0 radical (unpaired) electrons. The Kier molecular flexibility index (Phi) is 4.60. The zero-order valence-corrected chi connectivity index (χ0v) is 13.5. The minimum Gasteiger partial charge on any atom is -0.377 e. The number of aromatic nitrogens is 3. The van der Waals surface area contributed by atoms with Gasteiger partial charge in [0, 0.05) is 19.7 Å². The van der Waals surface area contributed by atoms with Crippen molar-refractivity contribution in [3.63, 3.8) is 0 Å². The maximum atomic E-state index is 5.16. The molecule has 1 aromatic rings. The van der Waals surface area contributed by atoms with Crippen molar-refractivity contribution in [2.45, 2.75) is 71.2 Å². The Labute approximate surface area is 127 Å². The zero-order valence-electron chi connectivity index (χ0n) is 13.5. The summed E-state index contributed by atoms with van der Waals surface area (Å²) in [5.41, 5.74) is 0. The van der Waals surface area contributed by atoms with Crippen LogP contribution in [0.25, 0.3) is 0 Å². The molecular weight excluding hydrogens is 264 g/mol. The van der Waals surface area contributed by atoms with E-state index in [1.54, 1.807) is 7.11 Å². The van der Waals surface area contributed by atoms with Crippen molar-refractivity contribution in [2.24, 2.45) is 11.8 Å². The lowest BCUT2D eigenvalue weighted by Gasteiger charge is -2.35. The highest BCUT2D eigenvalue weighted by Gasteiger charge is 2.30. The van der Waals surface area contributed by atoms with Crippen LogP contribution < -0.4 is 5.32 Å². The van der Waals surface area contributed by atoms with Gasteiger partial charge in [0.2, 0.25) is 0 Å². The summed E-state index contributed by atoms with van der Waals surface area (Å²) in [5, 5.41) is 8.42. The Hall–Kier alpha value is -0.940. The topological polar surface area (TPSA) is 52.0 Å². The van der Waals surface area contributed by atoms with E-state index in [1.165, 1.54) is 32.1 Å². The fourth-order valence-corrected chi connectivity index (χ4v) is 4.12. The van der Waals surface area contributed by atoms with Crippen LogP contribution in [0.15, 0.2) is 0 Å². The Morgan fingerprint density at radius 3 is 2.71 bits per heavy atom. The van der Waals surface area contributed by atoms with Crippen molar-refractivity contribution < 1.29 is 4.74 Å². The number of nitrogens with one attached hydrogen (secondary N) is 1. The molecule has 1 aromatic heterocycles. The lowest BCUT2D eigenvalue weighted by atomic mass is 9.80. The van der Waals surface area contributed by atoms with Gasteiger partial charge in [-0.1, -0.05) is 13.8 Å². The van der Waals surface area contributed by atoms with Crippen LogP contribution in [-0.4, -0.2) is 27.9 Å². The molecule has 4 atom stereocenters. The molecule has 3 rings (SSSR count). The average Bonchev–Trinajstić information content (AvgIpc) is 2.81. The molecule has 0 saturated heterocycles. The molecule has 2 aliphatic rings. The van der Waals surface area contributed by atoms with E-state index >= 15 is 0 Å². The van der Waals surface area contributed by atoms with E-state index in [9.17, 15) is 0 Å². The highest BCUT2D eigenvalue weighted by molar-refractivity contribution is 5.03. The molecule has 0 bridgehead atoms. The van der Waals surface area contributed by atoms with Gasteiger partial charge in [0.25, 0.3) is 0 Å². The lowest BCUT2D eigenvalue weighted by Crippen LogP contribution is -2.40. The number of rotatable bonds is 4. The summed E-state index contributed by atoms with van der Waals surface area (Å²) in [4.78, 5) is 4.69. The maximum Gasteiger partial charge on any atom is 0.176 e. The highest BCUT2D eigenvalue weighted by atomic mass is 16.5. The van der Waals surface area contributed by atoms with Crippen LogP contribution in [0.1, 0.15) is 63.6 Å². The minimum absolute atomic E-state index is 0.361. The van der Waals surface area contributed by atoms with Gasteiger partial charge in [-0.15, -0.1) is 0 Å². The molecule has 1 unspecified atom stereocenters. The Bertz CT molecular complexity index is 463. The van der Waals surface area contributed by atoms with Gasteiger partial charge >= 0.3 is 0 Å². The first kappa shape index (κ1) is 15.0. The monoisotopic (exact) mass is 292 g/mol. The molecule has 118 valence electrons. The molecule has 1 fully saturated rings. The number of nitrogens with zero attached hydrogens (tertiary/aromatic N) is 3. The second kappa shape index (κ2) is 6.44. The first-order valence-corrected chi connectivity index (χ1v) is 8.34. The lowest BCUT2D eigenvalue weighted by molar-refractivity contribution is 0.177. The van der Waals surface area contributed by atoms with Gasteiger partial charge in [0.1, 0.15) is 12.4 Å². The van der Waals surface area contributed by atoms with Crippen molar-refractivity contribution >= 4 is 0 Å². The number of methoxy groups -OCH3 is 1. The molecule has 21 heavy (non-hydrogen) atoms. The summed E-state index contributed by atoms with van der Waals surface area (Å²) < 4.78 is 7.23. The molecule has 1 saturated carbocycles. The number of hydrogen-bond donors (Lipinski definition) is 1. The van der Waals surface area contributed by atoms with Crippen LogP contribution in [-0.2, 0) is 17.9 Å². The van der Waals surface area contributed by atoms with Crippen molar-refractivity contribution in [2.75, 3.05) is 7.11 Å². The minimum atomic E-state index is 0.361. The second-order valence-corrected chi connectivity index (χ2v) is 7.02. The largest absolute Gasteiger partial charge is 0.377 e. The van der Waals surface area contributed by atoms with Crippen molar-refractivity contribution in [1.29, 1.82) is 0 Å². The first-order chi connectivity index (χ1) is 10.2. The van der Waals surface area contributed by atoms with Crippen molar-refractivity contribution in [3.05, 3.63) is 11.6 Å². The normalized spacial score (nSPS) is 32.9. The second-order valence-electron chi connectivity index (χ2n) is 7.02. The van der Waals surface area contributed by atoms with E-state index < -0.39 is 0 Å². The van der Waals surface area contributed by atoms with Gasteiger partial charge in [0.15, 0.2) is 5.82 Å². The van der Waals surface area contributed by atoms with Gasteiger partial charge in [-0.05, 0) is 43.9 Å². The fraction of sp³-hybridized carbons (Fsp3) is 0.875. The molecule has 0 aromatic carbocycles. The third kappa shape index (κ3) is 3.46. The van der Waals surface area contributed by atoms with Crippen LogP contribution >= 0.6 is 0 Å². The molecule has 0 amide bonds. The molecule has 0 spiro atoms. The third-order valence-electron chi connectivity index (χ3n) is 4.81. The van der Waals surface area contributed by atoms with Crippen LogP contribution in [0.3, 0.4) is 0 Å². The summed E-state index contributed by atoms with van der Waals surface area (Å²) in [6.07, 6.45) is 6.31. The van der Waals surface area contributed by atoms with Gasteiger partial charge in [0.05, 0.1) is 6.04 Å². The van der Waals surface area contributed by atoms with Crippen LogP contribution in [0.5, 0.6) is 0 Å². The Morgan fingerprint density at radius 2 is 2.00 bits per heavy atom. The van der Waals surface area contributed by atoms with Gasteiger partial charge in [-0.3, -0.25) is 0 Å². The number of aryl methyl sites for hydroxylation is 1. The van der Waals surface area contributed by atoms with E-state index in [0.717, 1.165) is 30.0 Å². The Balaban J connectivity index is 1.69. The zero-order chi connectivity index (χ0) is 14.8. The summed E-state index contributed by atoms with van der Waals surface area (Å²) in [6, 6.07) is 0.988. The van der Waals surface area contributed by atoms with Crippen LogP contribution in [0.4, 0.5) is 0 Å². The highest BCUT2D eigenvalue weighted by Crippen LogP contribution is 2.31. The quantitative estimate of drug-likeness (QED) is 0.927. The van der Waals surface area contributed by atoms with E-state index in [0.29, 0.717) is 18.7 Å². The molecule has 1 N–H and O–H groups in total. The number of ether oxygens (including phenoxy) is 1. The number of hydrogen-bond acceptors (Lipinski definition) is 4. The molecular formula is C16H28N4O. The predicted molar refractivity (Wildman–Crippen MR) is 81.8 cm³/mol. The number of fused-ring (bicyclic) bond motifs is 1. The van der Waals surface area contributed by atoms with Gasteiger partial charge in [-0.2, -0.15) is 5.10 Å². The van der Waals surface area contributed by atoms with Gasteiger partial charge < -0.3 is 10.1 Å². The van der Waals surface area contributed by atoms with E-state index in [-0.39, 0.29) is 0 Å². The maximum absolute atomic E-state index is 5.16. The molecule has 5 nitrogen and oxygen atoms in total. The standard InChI is InChI=1S/C16H28N4O/c1-11-7-12(2)9-13(8-11)17-14-5-4-6-20-16(14)18-15(19-20)10-21-3/h11-14,17H,4-10H2,1-3H3/t11-,12+,13?,14-/m0/s1. The molecule has 5 heteroatoms. The van der Waals surface area contributed by atoms with Crippen molar-refractivity contribution in [1.82, 2.24) is 20.1 Å². The van der Waals surface area contributed by atoms with Gasteiger partial charge in [-0.25, -0.2) is 9.67 Å². The predicted octanol–water partition coefficient (Wildman–Crippen LogP) is 2.67.